The van der Waals surface area contributed by atoms with Crippen LogP contribution in [0.25, 0.3) is 0 Å². The Morgan fingerprint density at radius 1 is 0.561 bits per heavy atom. The van der Waals surface area contributed by atoms with Gasteiger partial charge < -0.3 is 65.1 Å². The number of aliphatic hydroxyl groups excluding tert-OH is 8. The molecule has 376 valence electrons. The molecule has 66 heavy (non-hydrogen) atoms. The van der Waals surface area contributed by atoms with Gasteiger partial charge in [0.05, 0.1) is 32.0 Å². The molecular weight excluding hydrogens is 847 g/mol. The second-order valence-electron chi connectivity index (χ2n) is 16.8. The monoisotopic (exact) mass is 932 g/mol. The van der Waals surface area contributed by atoms with Crippen LogP contribution in [0.3, 0.4) is 0 Å². The van der Waals surface area contributed by atoms with E-state index < -0.39 is 86.8 Å². The first kappa shape index (κ1) is 59.0. The quantitative estimate of drug-likeness (QED) is 0.0264. The number of amides is 1. The largest absolute Gasteiger partial charge is 0.394 e. The van der Waals surface area contributed by atoms with Crippen molar-refractivity contribution in [1.82, 2.24) is 5.32 Å². The highest BCUT2D eigenvalue weighted by Gasteiger charge is 2.51. The highest BCUT2D eigenvalue weighted by molar-refractivity contribution is 5.76. The fourth-order valence-corrected chi connectivity index (χ4v) is 7.25. The molecule has 2 saturated heterocycles. The number of unbranched alkanes of at least 4 members (excludes halogenated alkanes) is 8. The summed E-state index contributed by atoms with van der Waals surface area (Å²) in [5.74, 6) is -0.299. The Kier molecular flexibility index (Phi) is 33.8. The minimum Gasteiger partial charge on any atom is -0.394 e. The third-order valence-electron chi connectivity index (χ3n) is 11.3. The Morgan fingerprint density at radius 2 is 1.06 bits per heavy atom. The van der Waals surface area contributed by atoms with Crippen LogP contribution < -0.4 is 5.32 Å². The molecule has 2 aliphatic heterocycles. The lowest BCUT2D eigenvalue weighted by Gasteiger charge is -2.46. The molecule has 12 atom stereocenters. The number of carbonyl (C=O) groups is 1. The third-order valence-corrected chi connectivity index (χ3v) is 11.3. The normalized spacial score (nSPS) is 27.7. The van der Waals surface area contributed by atoms with Crippen LogP contribution in [-0.2, 0) is 23.7 Å². The molecule has 2 aliphatic rings. The number of ether oxygens (including phenoxy) is 4. The summed E-state index contributed by atoms with van der Waals surface area (Å²) in [5.41, 5.74) is 0. The second-order valence-corrected chi connectivity index (χ2v) is 16.8. The van der Waals surface area contributed by atoms with Gasteiger partial charge >= 0.3 is 0 Å². The highest BCUT2D eigenvalue weighted by atomic mass is 16.7. The van der Waals surface area contributed by atoms with E-state index >= 15 is 0 Å². The van der Waals surface area contributed by atoms with Gasteiger partial charge in [0, 0.05) is 6.42 Å². The Hall–Kier alpha value is -3.09. The number of rotatable bonds is 35. The fraction of sp³-hybridized carbons (Fsp3) is 0.673. The molecular formula is C52H85NO13. The number of aliphatic hydroxyl groups is 8. The van der Waals surface area contributed by atoms with Gasteiger partial charge in [0.1, 0.15) is 48.8 Å². The number of allylic oxidation sites excluding steroid dienone is 15. The molecule has 0 aliphatic carbocycles. The van der Waals surface area contributed by atoms with Gasteiger partial charge in [0.2, 0.25) is 5.91 Å². The van der Waals surface area contributed by atoms with Crippen LogP contribution in [0.4, 0.5) is 0 Å². The molecule has 9 N–H and O–H groups in total. The minimum absolute atomic E-state index is 0.212. The van der Waals surface area contributed by atoms with Crippen LogP contribution in [0.5, 0.6) is 0 Å². The first-order chi connectivity index (χ1) is 32.1. The Labute approximate surface area is 394 Å². The summed E-state index contributed by atoms with van der Waals surface area (Å²) in [4.78, 5) is 13.1. The van der Waals surface area contributed by atoms with Crippen molar-refractivity contribution in [2.75, 3.05) is 19.8 Å². The summed E-state index contributed by atoms with van der Waals surface area (Å²) >= 11 is 0. The summed E-state index contributed by atoms with van der Waals surface area (Å²) in [6, 6.07) is -0.959. The van der Waals surface area contributed by atoms with E-state index in [4.69, 9.17) is 18.9 Å². The van der Waals surface area contributed by atoms with Crippen molar-refractivity contribution in [1.29, 1.82) is 0 Å². The van der Waals surface area contributed by atoms with Crippen LogP contribution in [0.2, 0.25) is 0 Å². The Bertz CT molecular complexity index is 1470. The summed E-state index contributed by atoms with van der Waals surface area (Å²) in [7, 11) is 0. The molecule has 1 amide bonds. The van der Waals surface area contributed by atoms with Gasteiger partial charge in [-0.15, -0.1) is 0 Å². The predicted octanol–water partition coefficient (Wildman–Crippen LogP) is 5.98. The lowest BCUT2D eigenvalue weighted by Crippen LogP contribution is -2.65. The van der Waals surface area contributed by atoms with Gasteiger partial charge in [0.15, 0.2) is 12.6 Å². The molecule has 0 spiro atoms. The van der Waals surface area contributed by atoms with Crippen molar-refractivity contribution in [2.24, 2.45) is 0 Å². The summed E-state index contributed by atoms with van der Waals surface area (Å²) in [6.07, 6.45) is 33.1. The topological polar surface area (TPSA) is 228 Å². The van der Waals surface area contributed by atoms with Gasteiger partial charge in [-0.05, 0) is 83.5 Å². The summed E-state index contributed by atoms with van der Waals surface area (Å²) in [5, 5.41) is 86.5. The van der Waals surface area contributed by atoms with Crippen LogP contribution >= 0.6 is 0 Å². The minimum atomic E-state index is -1.80. The third kappa shape index (κ3) is 24.8. The Morgan fingerprint density at radius 3 is 1.65 bits per heavy atom. The molecule has 0 bridgehead atoms. The molecule has 2 heterocycles. The van der Waals surface area contributed by atoms with E-state index in [1.165, 1.54) is 25.7 Å². The van der Waals surface area contributed by atoms with Crippen molar-refractivity contribution in [3.63, 3.8) is 0 Å². The number of hydrogen-bond acceptors (Lipinski definition) is 13. The number of nitrogens with one attached hydrogen (secondary N) is 1. The van der Waals surface area contributed by atoms with Gasteiger partial charge in [-0.3, -0.25) is 4.79 Å². The first-order valence-electron chi connectivity index (χ1n) is 24.5. The van der Waals surface area contributed by atoms with E-state index in [1.807, 2.05) is 6.08 Å². The Balaban J connectivity index is 1.87. The van der Waals surface area contributed by atoms with Gasteiger partial charge in [-0.1, -0.05) is 137 Å². The molecule has 14 heteroatoms. The average molecular weight is 932 g/mol. The maximum absolute atomic E-state index is 13.1. The highest BCUT2D eigenvalue weighted by Crippen LogP contribution is 2.30. The molecule has 0 aromatic heterocycles. The fourth-order valence-electron chi connectivity index (χ4n) is 7.25. The van der Waals surface area contributed by atoms with Crippen molar-refractivity contribution < 1.29 is 64.6 Å². The number of hydrogen-bond donors (Lipinski definition) is 9. The molecule has 2 fully saturated rings. The van der Waals surface area contributed by atoms with Crippen LogP contribution in [0, 0.1) is 0 Å². The second kappa shape index (κ2) is 37.8. The average Bonchev–Trinajstić information content (AvgIpc) is 3.31. The molecule has 0 saturated carbocycles. The van der Waals surface area contributed by atoms with E-state index in [0.717, 1.165) is 70.6 Å². The molecule has 2 rings (SSSR count). The van der Waals surface area contributed by atoms with Crippen molar-refractivity contribution >= 4 is 5.91 Å². The smallest absolute Gasteiger partial charge is 0.220 e. The van der Waals surface area contributed by atoms with Gasteiger partial charge in [0.25, 0.3) is 0 Å². The van der Waals surface area contributed by atoms with E-state index in [1.54, 1.807) is 6.08 Å². The zero-order valence-corrected chi connectivity index (χ0v) is 39.6. The maximum Gasteiger partial charge on any atom is 0.220 e. The standard InChI is InChI=1S/C52H85NO13/c1-3-5-7-9-11-13-15-16-17-18-19-20-21-22-23-24-26-28-30-32-34-36-44(57)53-40(41(56)35-33-31-29-27-25-14-12-10-8-6-4-2)39-63-51-49(62)47(60)50(43(38-55)65-51)66-52-48(61)46(59)45(58)42(37-54)64-52/h5,7,11,13,16-17,19-20,22-23,25-28,33,35,40-43,45-52,54-56,58-62H,3-4,6,8-10,12,14-15,18,21,24,29-32,34,36-39H2,1-2H3,(H,53,57)/b7-5-,13-11-,17-16-,20-19-,23-22-,27-25+,28-26-,35-33+. The molecule has 0 radical (unpaired) electrons. The van der Waals surface area contributed by atoms with Crippen molar-refractivity contribution in [3.05, 3.63) is 97.2 Å². The summed E-state index contributed by atoms with van der Waals surface area (Å²) in [6.45, 7) is 2.55. The zero-order chi connectivity index (χ0) is 48.2. The zero-order valence-electron chi connectivity index (χ0n) is 39.6. The maximum atomic E-state index is 13.1. The predicted molar refractivity (Wildman–Crippen MR) is 258 cm³/mol. The van der Waals surface area contributed by atoms with E-state index in [9.17, 15) is 45.6 Å². The van der Waals surface area contributed by atoms with Crippen LogP contribution in [0.15, 0.2) is 97.2 Å². The summed E-state index contributed by atoms with van der Waals surface area (Å²) < 4.78 is 22.6. The first-order valence-corrected chi connectivity index (χ1v) is 24.5. The number of carbonyl (C=O) groups excluding carboxylic acids is 1. The molecule has 0 aromatic rings. The van der Waals surface area contributed by atoms with E-state index in [-0.39, 0.29) is 18.9 Å². The van der Waals surface area contributed by atoms with Gasteiger partial charge in [-0.25, -0.2) is 0 Å². The van der Waals surface area contributed by atoms with Gasteiger partial charge in [-0.2, -0.15) is 0 Å². The molecule has 14 nitrogen and oxygen atoms in total. The van der Waals surface area contributed by atoms with E-state index in [0.29, 0.717) is 12.8 Å². The van der Waals surface area contributed by atoms with Crippen molar-refractivity contribution in [2.45, 2.75) is 203 Å². The lowest BCUT2D eigenvalue weighted by atomic mass is 9.97. The van der Waals surface area contributed by atoms with Crippen molar-refractivity contribution in [3.8, 4) is 0 Å². The molecule has 0 aromatic carbocycles. The molecule has 12 unspecified atom stereocenters. The lowest BCUT2D eigenvalue weighted by molar-refractivity contribution is -0.359. The SMILES string of the molecule is CC/C=C\C/C=C\C/C=C\C/C=C\C/C=C\C/C=C\CCCCC(=O)NC(COC1OC(CO)C(OC2OC(CO)C(O)C(O)C2O)C(O)C1O)C(O)/C=C/CC/C=C/CCCCCCC. The van der Waals surface area contributed by atoms with Crippen LogP contribution in [-0.4, -0.2) is 140 Å². The van der Waals surface area contributed by atoms with E-state index in [2.05, 4.69) is 104 Å². The van der Waals surface area contributed by atoms with Crippen LogP contribution in [0.1, 0.15) is 129 Å².